The van der Waals surface area contributed by atoms with Crippen molar-refractivity contribution in [2.24, 2.45) is 0 Å². The third-order valence-electron chi connectivity index (χ3n) is 6.47. The minimum atomic E-state index is -0.554. The van der Waals surface area contributed by atoms with Gasteiger partial charge in [-0.1, -0.05) is 54.1 Å². The summed E-state index contributed by atoms with van der Waals surface area (Å²) >= 11 is 4.53. The van der Waals surface area contributed by atoms with E-state index in [4.69, 9.17) is 9.47 Å². The summed E-state index contributed by atoms with van der Waals surface area (Å²) in [5.74, 6) is -0.297. The Morgan fingerprint density at radius 1 is 0.972 bits per heavy atom. The van der Waals surface area contributed by atoms with Gasteiger partial charge < -0.3 is 14.8 Å². The van der Waals surface area contributed by atoms with Gasteiger partial charge in [0.1, 0.15) is 12.4 Å². The van der Waals surface area contributed by atoms with Crippen molar-refractivity contribution in [3.8, 4) is 5.75 Å². The largest absolute Gasteiger partial charge is 0.487 e. The van der Waals surface area contributed by atoms with Crippen LogP contribution in [0.3, 0.4) is 0 Å². The monoisotopic (exact) mass is 703 g/mol. The molecule has 0 fully saturated rings. The van der Waals surface area contributed by atoms with Crippen LogP contribution in [-0.2, 0) is 16.1 Å². The van der Waals surface area contributed by atoms with Crippen LogP contribution in [0, 0.1) is 14.1 Å². The van der Waals surface area contributed by atoms with Crippen molar-refractivity contribution in [2.75, 3.05) is 7.11 Å². The molecule has 0 aromatic heterocycles. The molecule has 3 aromatic rings. The van der Waals surface area contributed by atoms with Crippen molar-refractivity contribution < 1.29 is 19.1 Å². The van der Waals surface area contributed by atoms with Crippen molar-refractivity contribution >= 4 is 62.6 Å². The molecule has 0 saturated heterocycles. The molecule has 5 rings (SSSR count). The van der Waals surface area contributed by atoms with Gasteiger partial charge in [-0.05, 0) is 82.3 Å². The Morgan fingerprint density at radius 3 is 2.33 bits per heavy atom. The number of allylic oxidation sites excluding steroid dienone is 2. The molecule has 1 heterocycles. The summed E-state index contributed by atoms with van der Waals surface area (Å²) in [6, 6.07) is 19.8. The van der Waals surface area contributed by atoms with Gasteiger partial charge in [-0.15, -0.1) is 0 Å². The highest BCUT2D eigenvalue weighted by Crippen LogP contribution is 2.48. The molecule has 7 heteroatoms. The topological polar surface area (TPSA) is 64.6 Å². The first-order valence-corrected chi connectivity index (χ1v) is 13.6. The minimum Gasteiger partial charge on any atom is -0.487 e. The summed E-state index contributed by atoms with van der Waals surface area (Å²) in [5, 5.41) is 3.32. The van der Waals surface area contributed by atoms with Crippen LogP contribution in [0.15, 0.2) is 77.5 Å². The first-order valence-electron chi connectivity index (χ1n) is 11.4. The molecule has 0 bridgehead atoms. The van der Waals surface area contributed by atoms with Gasteiger partial charge in [0.25, 0.3) is 0 Å². The van der Waals surface area contributed by atoms with Crippen molar-refractivity contribution in [2.45, 2.75) is 26.4 Å². The highest BCUT2D eigenvalue weighted by Gasteiger charge is 2.43. The Labute approximate surface area is 237 Å². The molecule has 1 aliphatic heterocycles. The van der Waals surface area contributed by atoms with Crippen LogP contribution in [0.25, 0.3) is 5.70 Å². The van der Waals surface area contributed by atoms with E-state index in [-0.39, 0.29) is 5.78 Å². The molecule has 36 heavy (non-hydrogen) atoms. The summed E-state index contributed by atoms with van der Waals surface area (Å²) in [6.07, 6.45) is 0. The van der Waals surface area contributed by atoms with Gasteiger partial charge in [-0.25, -0.2) is 4.79 Å². The summed E-state index contributed by atoms with van der Waals surface area (Å²) < 4.78 is 13.2. The van der Waals surface area contributed by atoms with Gasteiger partial charge in [0.15, 0.2) is 5.78 Å². The van der Waals surface area contributed by atoms with Crippen LogP contribution in [0.1, 0.15) is 45.5 Å². The molecule has 0 amide bonds. The van der Waals surface area contributed by atoms with Gasteiger partial charge in [0.05, 0.1) is 25.5 Å². The Kier molecular flexibility index (Phi) is 6.95. The van der Waals surface area contributed by atoms with E-state index in [0.29, 0.717) is 29.0 Å². The minimum absolute atomic E-state index is 0.0724. The number of carbonyl (C=O) groups excluding carboxylic acids is 2. The molecule has 0 radical (unpaired) electrons. The van der Waals surface area contributed by atoms with Crippen LogP contribution in [-0.4, -0.2) is 18.9 Å². The second-order valence-electron chi connectivity index (χ2n) is 8.84. The highest BCUT2D eigenvalue weighted by atomic mass is 127. The van der Waals surface area contributed by atoms with E-state index in [1.54, 1.807) is 0 Å². The number of ketones is 1. The Hall–Kier alpha value is -2.66. The standard InChI is InChI=1S/C29H23I2NO4/c1-15-7-6-8-17(11-15)14-36-28-21(30)12-18(13-22(28)31)24-23(29(34)35-3)16(2)32-26-19-9-4-5-10-20(19)27(33)25(24)26/h4-13,24,32H,14H2,1-3H3/t24-/m1/s1. The summed E-state index contributed by atoms with van der Waals surface area (Å²) in [6.45, 7) is 4.37. The molecule has 1 aliphatic carbocycles. The van der Waals surface area contributed by atoms with Crippen LogP contribution in [0.2, 0.25) is 0 Å². The number of Topliss-reactive ketones (excluding diaryl/α,β-unsaturated/α-hetero) is 1. The SMILES string of the molecule is COC(=O)C1=C(C)NC2=C(C(=O)c3ccccc32)[C@@H]1c1cc(I)c(OCc2cccc(C)c2)c(I)c1. The lowest BCUT2D eigenvalue weighted by Crippen LogP contribution is -2.29. The predicted octanol–water partition coefficient (Wildman–Crippen LogP) is 6.52. The number of carbonyl (C=O) groups is 2. The summed E-state index contributed by atoms with van der Waals surface area (Å²) in [5.41, 5.74) is 7.08. The van der Waals surface area contributed by atoms with Crippen LogP contribution >= 0.6 is 45.2 Å². The fourth-order valence-electron chi connectivity index (χ4n) is 4.88. The zero-order chi connectivity index (χ0) is 25.6. The van der Waals surface area contributed by atoms with Gasteiger partial charge in [0, 0.05) is 28.3 Å². The van der Waals surface area contributed by atoms with E-state index in [1.807, 2.05) is 55.5 Å². The van der Waals surface area contributed by atoms with E-state index in [2.05, 4.69) is 69.6 Å². The van der Waals surface area contributed by atoms with Crippen molar-refractivity contribution in [3.63, 3.8) is 0 Å². The number of methoxy groups -OCH3 is 1. The molecule has 3 aromatic carbocycles. The first kappa shape index (κ1) is 25.0. The summed E-state index contributed by atoms with van der Waals surface area (Å²) in [4.78, 5) is 26.6. The fourth-order valence-corrected chi connectivity index (χ4v) is 7.01. The Bertz CT molecular complexity index is 1470. The second-order valence-corrected chi connectivity index (χ2v) is 11.2. The number of fused-ring (bicyclic) bond motifs is 2. The number of aryl methyl sites for hydroxylation is 1. The maximum absolute atomic E-state index is 13.6. The first-order chi connectivity index (χ1) is 17.3. The van der Waals surface area contributed by atoms with Crippen LogP contribution in [0.4, 0.5) is 0 Å². The molecule has 5 nitrogen and oxygen atoms in total. The van der Waals surface area contributed by atoms with E-state index in [1.165, 1.54) is 12.7 Å². The van der Waals surface area contributed by atoms with Gasteiger partial charge in [-0.3, -0.25) is 4.79 Å². The highest BCUT2D eigenvalue weighted by molar-refractivity contribution is 14.1. The molecule has 1 N–H and O–H groups in total. The van der Waals surface area contributed by atoms with Crippen LogP contribution < -0.4 is 10.1 Å². The lowest BCUT2D eigenvalue weighted by molar-refractivity contribution is -0.136. The number of esters is 1. The number of hydrogen-bond acceptors (Lipinski definition) is 5. The number of hydrogen-bond donors (Lipinski definition) is 1. The smallest absolute Gasteiger partial charge is 0.336 e. The summed E-state index contributed by atoms with van der Waals surface area (Å²) in [7, 11) is 1.37. The number of nitrogens with one attached hydrogen (secondary N) is 1. The Balaban J connectivity index is 1.58. The number of halogens is 2. The van der Waals surface area contributed by atoms with Crippen molar-refractivity contribution in [3.05, 3.63) is 112 Å². The Morgan fingerprint density at radius 2 is 1.67 bits per heavy atom. The lowest BCUT2D eigenvalue weighted by Gasteiger charge is -2.29. The van der Waals surface area contributed by atoms with E-state index < -0.39 is 11.9 Å². The third-order valence-corrected chi connectivity index (χ3v) is 8.08. The van der Waals surface area contributed by atoms with Crippen molar-refractivity contribution in [1.29, 1.82) is 0 Å². The normalized spacial score (nSPS) is 16.5. The molecule has 0 saturated carbocycles. The lowest BCUT2D eigenvalue weighted by atomic mass is 9.80. The number of dihydropyridines is 1. The molecule has 0 spiro atoms. The number of ether oxygens (including phenoxy) is 2. The maximum Gasteiger partial charge on any atom is 0.336 e. The zero-order valence-corrected chi connectivity index (χ0v) is 24.3. The molecule has 2 aliphatic rings. The predicted molar refractivity (Wildman–Crippen MR) is 156 cm³/mol. The number of rotatable bonds is 5. The van der Waals surface area contributed by atoms with E-state index in [0.717, 1.165) is 35.3 Å². The van der Waals surface area contributed by atoms with Gasteiger partial charge in [-0.2, -0.15) is 0 Å². The zero-order valence-electron chi connectivity index (χ0n) is 19.9. The van der Waals surface area contributed by atoms with Gasteiger partial charge >= 0.3 is 5.97 Å². The maximum atomic E-state index is 13.6. The molecular formula is C29H23I2NO4. The molecule has 182 valence electrons. The molecular weight excluding hydrogens is 680 g/mol. The fraction of sp³-hybridized carbons (Fsp3) is 0.172. The average Bonchev–Trinajstić information content (AvgIpc) is 3.13. The molecule has 1 atom stereocenters. The van der Waals surface area contributed by atoms with Crippen LogP contribution in [0.5, 0.6) is 5.75 Å². The quantitative estimate of drug-likeness (QED) is 0.242. The van der Waals surface area contributed by atoms with E-state index in [9.17, 15) is 9.59 Å². The average molecular weight is 703 g/mol. The third kappa shape index (κ3) is 4.36. The molecule has 0 unspecified atom stereocenters. The second kappa shape index (κ2) is 10.0. The number of benzene rings is 3. The van der Waals surface area contributed by atoms with E-state index >= 15 is 0 Å². The van der Waals surface area contributed by atoms with Gasteiger partial charge in [0.2, 0.25) is 0 Å². The van der Waals surface area contributed by atoms with Crippen molar-refractivity contribution in [1.82, 2.24) is 5.32 Å².